The van der Waals surface area contributed by atoms with E-state index in [1.165, 1.54) is 11.3 Å². The maximum absolute atomic E-state index is 12.2. The monoisotopic (exact) mass is 376 g/mol. The summed E-state index contributed by atoms with van der Waals surface area (Å²) in [4.78, 5) is 16.6. The standard InChI is InChI=1S/C16H13BrN2O2S/c1-10(21-11-6-3-2-4-7-11)15(20)19-16-18-14-12(17)8-5-9-13(14)22-16/h2-10H,1H3,(H,18,19,20). The van der Waals surface area contributed by atoms with Gasteiger partial charge in [-0.15, -0.1) is 0 Å². The molecule has 3 aromatic rings. The summed E-state index contributed by atoms with van der Waals surface area (Å²) in [6.45, 7) is 1.71. The van der Waals surface area contributed by atoms with Gasteiger partial charge in [-0.1, -0.05) is 35.6 Å². The van der Waals surface area contributed by atoms with Gasteiger partial charge in [-0.3, -0.25) is 10.1 Å². The van der Waals surface area contributed by atoms with Gasteiger partial charge in [0.25, 0.3) is 5.91 Å². The van der Waals surface area contributed by atoms with E-state index < -0.39 is 6.10 Å². The number of rotatable bonds is 4. The van der Waals surface area contributed by atoms with Gasteiger partial charge in [0.2, 0.25) is 0 Å². The molecule has 1 unspecified atom stereocenters. The van der Waals surface area contributed by atoms with Gasteiger partial charge in [0.05, 0.1) is 10.2 Å². The number of carbonyl (C=O) groups excluding carboxylic acids is 1. The molecular weight excluding hydrogens is 364 g/mol. The first-order chi connectivity index (χ1) is 10.6. The molecule has 2 aromatic carbocycles. The lowest BCUT2D eigenvalue weighted by Crippen LogP contribution is -2.30. The summed E-state index contributed by atoms with van der Waals surface area (Å²) < 4.78 is 7.53. The van der Waals surface area contributed by atoms with Gasteiger partial charge in [-0.2, -0.15) is 0 Å². The molecule has 0 aliphatic heterocycles. The predicted molar refractivity (Wildman–Crippen MR) is 92.5 cm³/mol. The number of nitrogens with one attached hydrogen (secondary N) is 1. The highest BCUT2D eigenvalue weighted by atomic mass is 79.9. The fourth-order valence-corrected chi connectivity index (χ4v) is 3.41. The van der Waals surface area contributed by atoms with Crippen molar-refractivity contribution in [1.82, 2.24) is 4.98 Å². The lowest BCUT2D eigenvalue weighted by atomic mass is 10.3. The van der Waals surface area contributed by atoms with E-state index in [1.807, 2.05) is 48.5 Å². The molecule has 1 aromatic heterocycles. The molecule has 0 saturated heterocycles. The van der Waals surface area contributed by atoms with Gasteiger partial charge in [-0.25, -0.2) is 4.98 Å². The average Bonchev–Trinajstić information content (AvgIpc) is 2.92. The minimum atomic E-state index is -0.599. The fraction of sp³-hybridized carbons (Fsp3) is 0.125. The Morgan fingerprint density at radius 3 is 2.73 bits per heavy atom. The molecule has 0 radical (unpaired) electrons. The lowest BCUT2D eigenvalue weighted by Gasteiger charge is -2.13. The molecule has 0 saturated carbocycles. The molecule has 0 fully saturated rings. The number of aromatic nitrogens is 1. The van der Waals surface area contributed by atoms with Crippen LogP contribution in [0.5, 0.6) is 5.75 Å². The molecule has 1 atom stereocenters. The molecule has 1 amide bonds. The fourth-order valence-electron chi connectivity index (χ4n) is 1.93. The summed E-state index contributed by atoms with van der Waals surface area (Å²) in [6, 6.07) is 15.1. The summed E-state index contributed by atoms with van der Waals surface area (Å²) in [6.07, 6.45) is -0.599. The van der Waals surface area contributed by atoms with Crippen molar-refractivity contribution in [3.05, 3.63) is 53.0 Å². The molecule has 0 aliphatic carbocycles. The first kappa shape index (κ1) is 15.0. The number of thiazole rings is 1. The van der Waals surface area contributed by atoms with E-state index in [9.17, 15) is 4.79 Å². The van der Waals surface area contributed by atoms with Crippen molar-refractivity contribution < 1.29 is 9.53 Å². The Bertz CT molecular complexity index is 804. The Kier molecular flexibility index (Phi) is 4.40. The van der Waals surface area contributed by atoms with Crippen LogP contribution in [0.4, 0.5) is 5.13 Å². The molecule has 0 bridgehead atoms. The molecule has 22 heavy (non-hydrogen) atoms. The molecule has 1 N–H and O–H groups in total. The smallest absolute Gasteiger partial charge is 0.266 e. The summed E-state index contributed by atoms with van der Waals surface area (Å²) in [7, 11) is 0. The molecule has 0 spiro atoms. The highest BCUT2D eigenvalue weighted by molar-refractivity contribution is 9.10. The number of amides is 1. The van der Waals surface area contributed by atoms with Crippen molar-refractivity contribution in [2.75, 3.05) is 5.32 Å². The normalized spacial score (nSPS) is 12.1. The third-order valence-electron chi connectivity index (χ3n) is 3.03. The van der Waals surface area contributed by atoms with Crippen LogP contribution < -0.4 is 10.1 Å². The van der Waals surface area contributed by atoms with Gasteiger partial charge in [0.1, 0.15) is 5.75 Å². The molecule has 112 valence electrons. The van der Waals surface area contributed by atoms with Crippen LogP contribution in [0, 0.1) is 0 Å². The van der Waals surface area contributed by atoms with Crippen LogP contribution in [0.15, 0.2) is 53.0 Å². The van der Waals surface area contributed by atoms with Crippen molar-refractivity contribution in [2.24, 2.45) is 0 Å². The lowest BCUT2D eigenvalue weighted by molar-refractivity contribution is -0.122. The predicted octanol–water partition coefficient (Wildman–Crippen LogP) is 4.46. The van der Waals surface area contributed by atoms with Crippen LogP contribution in [-0.2, 0) is 4.79 Å². The second-order valence-corrected chi connectivity index (χ2v) is 6.55. The largest absolute Gasteiger partial charge is 0.481 e. The first-order valence-electron chi connectivity index (χ1n) is 6.71. The number of ether oxygens (including phenoxy) is 1. The molecule has 0 aliphatic rings. The number of halogens is 1. The van der Waals surface area contributed by atoms with Crippen LogP contribution in [0.2, 0.25) is 0 Å². The Morgan fingerprint density at radius 2 is 2.00 bits per heavy atom. The van der Waals surface area contributed by atoms with E-state index in [4.69, 9.17) is 4.74 Å². The zero-order chi connectivity index (χ0) is 15.5. The van der Waals surface area contributed by atoms with Gasteiger partial charge in [0.15, 0.2) is 11.2 Å². The number of hydrogen-bond acceptors (Lipinski definition) is 4. The maximum Gasteiger partial charge on any atom is 0.266 e. The second kappa shape index (κ2) is 6.46. The number of benzene rings is 2. The Labute approximate surface area is 140 Å². The SMILES string of the molecule is CC(Oc1ccccc1)C(=O)Nc1nc2c(Br)cccc2s1. The zero-order valence-electron chi connectivity index (χ0n) is 11.7. The Balaban J connectivity index is 1.71. The number of nitrogens with zero attached hydrogens (tertiary/aromatic N) is 1. The van der Waals surface area contributed by atoms with Crippen LogP contribution in [-0.4, -0.2) is 17.0 Å². The minimum absolute atomic E-state index is 0.223. The summed E-state index contributed by atoms with van der Waals surface area (Å²) in [5.74, 6) is 0.441. The van der Waals surface area contributed by atoms with E-state index in [-0.39, 0.29) is 5.91 Å². The van der Waals surface area contributed by atoms with Gasteiger partial charge in [-0.05, 0) is 47.1 Å². The summed E-state index contributed by atoms with van der Waals surface area (Å²) >= 11 is 4.89. The van der Waals surface area contributed by atoms with E-state index in [1.54, 1.807) is 6.92 Å². The van der Waals surface area contributed by atoms with Crippen molar-refractivity contribution in [1.29, 1.82) is 0 Å². The van der Waals surface area contributed by atoms with E-state index >= 15 is 0 Å². The number of hydrogen-bond donors (Lipinski definition) is 1. The summed E-state index contributed by atoms with van der Waals surface area (Å²) in [5.41, 5.74) is 0.847. The highest BCUT2D eigenvalue weighted by Crippen LogP contribution is 2.30. The second-order valence-electron chi connectivity index (χ2n) is 4.67. The molecule has 6 heteroatoms. The summed E-state index contributed by atoms with van der Waals surface area (Å²) in [5, 5.41) is 3.37. The van der Waals surface area contributed by atoms with E-state index in [2.05, 4.69) is 26.2 Å². The minimum Gasteiger partial charge on any atom is -0.481 e. The quantitative estimate of drug-likeness (QED) is 0.730. The van der Waals surface area contributed by atoms with Crippen molar-refractivity contribution >= 4 is 48.5 Å². The molecule has 4 nitrogen and oxygen atoms in total. The maximum atomic E-state index is 12.2. The van der Waals surface area contributed by atoms with Crippen LogP contribution >= 0.6 is 27.3 Å². The highest BCUT2D eigenvalue weighted by Gasteiger charge is 2.17. The van der Waals surface area contributed by atoms with Crippen molar-refractivity contribution in [3.8, 4) is 5.75 Å². The van der Waals surface area contributed by atoms with Gasteiger partial charge in [0, 0.05) is 4.47 Å². The van der Waals surface area contributed by atoms with Crippen molar-refractivity contribution in [2.45, 2.75) is 13.0 Å². The van der Waals surface area contributed by atoms with Crippen LogP contribution in [0.1, 0.15) is 6.92 Å². The van der Waals surface area contributed by atoms with Crippen LogP contribution in [0.25, 0.3) is 10.2 Å². The number of fused-ring (bicyclic) bond motifs is 1. The molecular formula is C16H13BrN2O2S. The Morgan fingerprint density at radius 1 is 1.23 bits per heavy atom. The third-order valence-corrected chi connectivity index (χ3v) is 4.60. The first-order valence-corrected chi connectivity index (χ1v) is 8.32. The van der Waals surface area contributed by atoms with E-state index in [0.717, 1.165) is 14.7 Å². The average molecular weight is 377 g/mol. The van der Waals surface area contributed by atoms with Gasteiger partial charge < -0.3 is 4.74 Å². The third kappa shape index (κ3) is 3.28. The molecule has 3 rings (SSSR count). The van der Waals surface area contributed by atoms with E-state index in [0.29, 0.717) is 10.9 Å². The van der Waals surface area contributed by atoms with Crippen molar-refractivity contribution in [3.63, 3.8) is 0 Å². The number of anilines is 1. The number of carbonyl (C=O) groups is 1. The molecule has 1 heterocycles. The Hall–Kier alpha value is -1.92. The van der Waals surface area contributed by atoms with Crippen LogP contribution in [0.3, 0.4) is 0 Å². The topological polar surface area (TPSA) is 51.2 Å². The van der Waals surface area contributed by atoms with Gasteiger partial charge >= 0.3 is 0 Å². The zero-order valence-corrected chi connectivity index (χ0v) is 14.1. The number of para-hydroxylation sites is 2.